The molecule has 0 aliphatic rings. The van der Waals surface area contributed by atoms with Gasteiger partial charge in [-0.05, 0) is 112 Å². The molecule has 0 radical (unpaired) electrons. The molecule has 4 nitrogen and oxygen atoms in total. The number of carbonyl (C=O) groups is 1. The molecule has 1 amide bonds. The van der Waals surface area contributed by atoms with Crippen molar-refractivity contribution < 1.29 is 9.21 Å². The number of amides is 1. The molecule has 0 aliphatic heterocycles. The average Bonchev–Trinajstić information content (AvgIpc) is 3.09. The van der Waals surface area contributed by atoms with E-state index in [1.54, 1.807) is 0 Å². The lowest BCUT2D eigenvalue weighted by atomic mass is 10.1. The zero-order valence-electron chi connectivity index (χ0n) is 15.2. The molecule has 4 aromatic rings. The van der Waals surface area contributed by atoms with Crippen LogP contribution < -0.4 is 5.32 Å². The fourth-order valence-electron chi connectivity index (χ4n) is 2.87. The van der Waals surface area contributed by atoms with E-state index in [9.17, 15) is 4.79 Å². The third-order valence-electron chi connectivity index (χ3n) is 4.57. The number of oxazole rings is 1. The molecule has 3 aromatic carbocycles. The molecule has 0 saturated heterocycles. The van der Waals surface area contributed by atoms with Gasteiger partial charge in [0, 0.05) is 19.3 Å². The molecule has 0 unspecified atom stereocenters. The van der Waals surface area contributed by atoms with Gasteiger partial charge >= 0.3 is 0 Å². The van der Waals surface area contributed by atoms with E-state index < -0.39 is 0 Å². The third-order valence-corrected chi connectivity index (χ3v) is 5.94. The van der Waals surface area contributed by atoms with Gasteiger partial charge in [-0.15, -0.1) is 0 Å². The van der Waals surface area contributed by atoms with Gasteiger partial charge in [0.05, 0.1) is 5.56 Å². The highest BCUT2D eigenvalue weighted by atomic mass is 127. The molecule has 28 heavy (non-hydrogen) atoms. The normalized spacial score (nSPS) is 11.0. The van der Waals surface area contributed by atoms with Gasteiger partial charge in [0.25, 0.3) is 5.91 Å². The lowest BCUT2D eigenvalue weighted by Gasteiger charge is -2.07. The van der Waals surface area contributed by atoms with Crippen molar-refractivity contribution in [3.63, 3.8) is 0 Å². The van der Waals surface area contributed by atoms with E-state index in [2.05, 4.69) is 48.8 Å². The summed E-state index contributed by atoms with van der Waals surface area (Å²) in [5, 5.41) is 2.94. The van der Waals surface area contributed by atoms with E-state index in [0.29, 0.717) is 28.2 Å². The Kier molecular flexibility index (Phi) is 5.25. The second-order valence-electron chi connectivity index (χ2n) is 6.58. The second kappa shape index (κ2) is 7.67. The van der Waals surface area contributed by atoms with Crippen molar-refractivity contribution >= 4 is 61.2 Å². The fourth-order valence-corrected chi connectivity index (χ4v) is 3.78. The van der Waals surface area contributed by atoms with Crippen molar-refractivity contribution in [3.05, 3.63) is 79.3 Å². The monoisotopic (exact) mass is 546 g/mol. The van der Waals surface area contributed by atoms with Gasteiger partial charge in [0.2, 0.25) is 5.89 Å². The Bertz CT molecular complexity index is 1220. The Balaban J connectivity index is 1.63. The molecule has 1 heterocycles. The number of nitrogens with zero attached hydrogens (tertiary/aromatic N) is 1. The summed E-state index contributed by atoms with van der Waals surface area (Å²) in [7, 11) is 0. The van der Waals surface area contributed by atoms with E-state index in [1.807, 2.05) is 68.4 Å². The predicted molar refractivity (Wildman–Crippen MR) is 124 cm³/mol. The van der Waals surface area contributed by atoms with Gasteiger partial charge in [-0.1, -0.05) is 6.07 Å². The average molecular weight is 547 g/mol. The van der Waals surface area contributed by atoms with Crippen LogP contribution in [0.2, 0.25) is 0 Å². The minimum absolute atomic E-state index is 0.147. The molecule has 0 atom stereocenters. The van der Waals surface area contributed by atoms with Crippen LogP contribution in [0.5, 0.6) is 0 Å². The SMILES string of the molecule is Cc1ccc(C(=O)Nc2ccc3oc(-c4cc(I)ccc4Br)nc3c2)cc1C. The second-order valence-corrected chi connectivity index (χ2v) is 8.68. The van der Waals surface area contributed by atoms with Crippen LogP contribution in [0.25, 0.3) is 22.6 Å². The largest absolute Gasteiger partial charge is 0.436 e. The van der Waals surface area contributed by atoms with Crippen LogP contribution in [0.4, 0.5) is 5.69 Å². The molecule has 1 N–H and O–H groups in total. The molecule has 4 rings (SSSR count). The maximum Gasteiger partial charge on any atom is 0.255 e. The third kappa shape index (κ3) is 3.84. The standard InChI is InChI=1S/C22H16BrIN2O2/c1-12-3-4-14(9-13(12)2)21(27)25-16-6-8-20-19(11-16)26-22(28-20)17-10-15(24)5-7-18(17)23/h3-11H,1-2H3,(H,25,27). The Morgan fingerprint density at radius 2 is 1.86 bits per heavy atom. The van der Waals surface area contributed by atoms with Crippen molar-refractivity contribution in [3.8, 4) is 11.5 Å². The first-order valence-corrected chi connectivity index (χ1v) is 10.5. The van der Waals surface area contributed by atoms with Crippen LogP contribution in [0.3, 0.4) is 0 Å². The van der Waals surface area contributed by atoms with E-state index in [-0.39, 0.29) is 5.91 Å². The number of aromatic nitrogens is 1. The smallest absolute Gasteiger partial charge is 0.255 e. The molecule has 0 spiro atoms. The number of hydrogen-bond acceptors (Lipinski definition) is 3. The molecule has 1 aromatic heterocycles. The number of carbonyl (C=O) groups excluding carboxylic acids is 1. The molecule has 0 bridgehead atoms. The number of halogens is 2. The van der Waals surface area contributed by atoms with Crippen LogP contribution in [-0.2, 0) is 0 Å². The van der Waals surface area contributed by atoms with E-state index >= 15 is 0 Å². The number of benzene rings is 3. The number of anilines is 1. The summed E-state index contributed by atoms with van der Waals surface area (Å²) in [6.45, 7) is 4.02. The maximum atomic E-state index is 12.6. The first-order chi connectivity index (χ1) is 13.4. The summed E-state index contributed by atoms with van der Waals surface area (Å²) in [5.74, 6) is 0.393. The van der Waals surface area contributed by atoms with Crippen LogP contribution >= 0.6 is 38.5 Å². The molecule has 140 valence electrons. The van der Waals surface area contributed by atoms with Gasteiger partial charge in [-0.2, -0.15) is 0 Å². The van der Waals surface area contributed by atoms with Crippen LogP contribution in [0.15, 0.2) is 63.5 Å². The van der Waals surface area contributed by atoms with Crippen molar-refractivity contribution in [2.24, 2.45) is 0 Å². The van der Waals surface area contributed by atoms with Crippen LogP contribution in [-0.4, -0.2) is 10.9 Å². The molecule has 0 aliphatic carbocycles. The fraction of sp³-hybridized carbons (Fsp3) is 0.0909. The predicted octanol–water partition coefficient (Wildman–Crippen LogP) is 6.73. The van der Waals surface area contributed by atoms with Crippen molar-refractivity contribution in [1.82, 2.24) is 4.98 Å². The van der Waals surface area contributed by atoms with Gasteiger partial charge in [0.15, 0.2) is 5.58 Å². The van der Waals surface area contributed by atoms with E-state index in [4.69, 9.17) is 4.42 Å². The quantitative estimate of drug-likeness (QED) is 0.290. The Labute approximate surface area is 184 Å². The number of aryl methyl sites for hydroxylation is 2. The Morgan fingerprint density at radius 3 is 2.64 bits per heavy atom. The van der Waals surface area contributed by atoms with E-state index in [1.165, 1.54) is 0 Å². The van der Waals surface area contributed by atoms with Gasteiger partial charge in [-0.3, -0.25) is 4.79 Å². The highest BCUT2D eigenvalue weighted by Gasteiger charge is 2.13. The topological polar surface area (TPSA) is 55.1 Å². The molecular formula is C22H16BrIN2O2. The highest BCUT2D eigenvalue weighted by Crippen LogP contribution is 2.32. The Morgan fingerprint density at radius 1 is 1.04 bits per heavy atom. The molecule has 0 saturated carbocycles. The van der Waals surface area contributed by atoms with Crippen molar-refractivity contribution in [2.75, 3.05) is 5.32 Å². The summed E-state index contributed by atoms with van der Waals surface area (Å²) in [6.07, 6.45) is 0. The number of fused-ring (bicyclic) bond motifs is 1. The lowest BCUT2D eigenvalue weighted by Crippen LogP contribution is -2.12. The van der Waals surface area contributed by atoms with Crippen LogP contribution in [0.1, 0.15) is 21.5 Å². The highest BCUT2D eigenvalue weighted by molar-refractivity contribution is 14.1. The number of rotatable bonds is 3. The van der Waals surface area contributed by atoms with E-state index in [0.717, 1.165) is 24.7 Å². The zero-order valence-corrected chi connectivity index (χ0v) is 19.0. The minimum atomic E-state index is -0.147. The van der Waals surface area contributed by atoms with Gasteiger partial charge in [0.1, 0.15) is 5.52 Å². The summed E-state index contributed by atoms with van der Waals surface area (Å²) >= 11 is 5.81. The maximum absolute atomic E-state index is 12.6. The minimum Gasteiger partial charge on any atom is -0.436 e. The number of hydrogen-bond donors (Lipinski definition) is 1. The lowest BCUT2D eigenvalue weighted by molar-refractivity contribution is 0.102. The first kappa shape index (κ1) is 19.1. The summed E-state index contributed by atoms with van der Waals surface area (Å²) in [5.41, 5.74) is 5.82. The molecule has 6 heteroatoms. The summed E-state index contributed by atoms with van der Waals surface area (Å²) in [6, 6.07) is 17.1. The first-order valence-electron chi connectivity index (χ1n) is 8.65. The number of nitrogens with one attached hydrogen (secondary N) is 1. The molecule has 0 fully saturated rings. The van der Waals surface area contributed by atoms with Crippen molar-refractivity contribution in [2.45, 2.75) is 13.8 Å². The van der Waals surface area contributed by atoms with Crippen molar-refractivity contribution in [1.29, 1.82) is 0 Å². The van der Waals surface area contributed by atoms with Crippen LogP contribution in [0, 0.1) is 17.4 Å². The Hall–Kier alpha value is -2.19. The van der Waals surface area contributed by atoms with Gasteiger partial charge < -0.3 is 9.73 Å². The summed E-state index contributed by atoms with van der Waals surface area (Å²) < 4.78 is 7.92. The van der Waals surface area contributed by atoms with Gasteiger partial charge in [-0.25, -0.2) is 4.98 Å². The molecular weight excluding hydrogens is 531 g/mol. The summed E-state index contributed by atoms with van der Waals surface area (Å²) in [4.78, 5) is 17.2. The zero-order chi connectivity index (χ0) is 19.8.